The van der Waals surface area contributed by atoms with Crippen molar-refractivity contribution < 1.29 is 28.9 Å². The zero-order chi connectivity index (χ0) is 20.4. The van der Waals surface area contributed by atoms with Gasteiger partial charge < -0.3 is 19.7 Å². The monoisotopic (exact) mass is 384 g/mol. The highest BCUT2D eigenvalue weighted by Gasteiger charge is 2.25. The molecule has 0 bridgehead atoms. The molecule has 0 atom stereocenters. The largest absolute Gasteiger partial charge is 0.502 e. The predicted octanol–water partition coefficient (Wildman–Crippen LogP) is 4.44. The van der Waals surface area contributed by atoms with Gasteiger partial charge in [0.2, 0.25) is 5.75 Å². The first kappa shape index (κ1) is 19.5. The molecule has 6 heteroatoms. The fourth-order valence-electron chi connectivity index (χ4n) is 3.50. The van der Waals surface area contributed by atoms with Crippen molar-refractivity contribution in [3.63, 3.8) is 0 Å². The maximum absolute atomic E-state index is 13.7. The Morgan fingerprint density at radius 1 is 1.11 bits per heavy atom. The standard InChI is InChI=1S/C22H21FO5/c1-12-15(6-4-13-8-19(27-2)22(26)20(9-13)28-3)16-7-5-14(23)10-18(16)17(12)11-21(24)25/h5-10,26H,4,11H2,1-3H3,(H,24,25)/b15-6-. The van der Waals surface area contributed by atoms with Crippen molar-refractivity contribution in [3.8, 4) is 17.2 Å². The van der Waals surface area contributed by atoms with Crippen LogP contribution in [0.1, 0.15) is 30.0 Å². The van der Waals surface area contributed by atoms with Crippen LogP contribution in [0.2, 0.25) is 0 Å². The van der Waals surface area contributed by atoms with E-state index in [0.717, 1.165) is 22.3 Å². The van der Waals surface area contributed by atoms with Crippen LogP contribution in [-0.2, 0) is 11.2 Å². The number of carbonyl (C=O) groups is 1. The van der Waals surface area contributed by atoms with Crippen LogP contribution in [0.3, 0.4) is 0 Å². The van der Waals surface area contributed by atoms with Gasteiger partial charge in [-0.3, -0.25) is 4.79 Å². The first-order valence-corrected chi connectivity index (χ1v) is 8.72. The summed E-state index contributed by atoms with van der Waals surface area (Å²) in [5, 5.41) is 19.3. The minimum Gasteiger partial charge on any atom is -0.502 e. The number of halogens is 1. The van der Waals surface area contributed by atoms with Crippen molar-refractivity contribution in [2.75, 3.05) is 14.2 Å². The summed E-state index contributed by atoms with van der Waals surface area (Å²) in [5.41, 5.74) is 4.59. The molecule has 0 saturated carbocycles. The van der Waals surface area contributed by atoms with Gasteiger partial charge in [0.1, 0.15) is 5.82 Å². The minimum absolute atomic E-state index is 0.0667. The normalized spacial score (nSPS) is 14.4. The van der Waals surface area contributed by atoms with Crippen LogP contribution in [-0.4, -0.2) is 30.4 Å². The summed E-state index contributed by atoms with van der Waals surface area (Å²) in [6.07, 6.45) is 2.30. The SMILES string of the molecule is COc1cc(C/C=C2/C(C)=C(CC(=O)O)c3cc(F)ccc32)cc(OC)c1O. The van der Waals surface area contributed by atoms with Crippen molar-refractivity contribution in [1.29, 1.82) is 0 Å². The molecule has 28 heavy (non-hydrogen) atoms. The Labute approximate surface area is 162 Å². The van der Waals surface area contributed by atoms with E-state index < -0.39 is 11.8 Å². The Kier molecular flexibility index (Phi) is 5.40. The summed E-state index contributed by atoms with van der Waals surface area (Å²) in [6, 6.07) is 7.85. The number of phenols is 1. The lowest BCUT2D eigenvalue weighted by Crippen LogP contribution is -1.97. The zero-order valence-corrected chi connectivity index (χ0v) is 15.9. The van der Waals surface area contributed by atoms with Crippen molar-refractivity contribution in [2.45, 2.75) is 19.8 Å². The number of phenolic OH excluding ortho intramolecular Hbond substituents is 1. The molecule has 0 aromatic heterocycles. The van der Waals surface area contributed by atoms with Gasteiger partial charge in [0.25, 0.3) is 0 Å². The van der Waals surface area contributed by atoms with Gasteiger partial charge in [-0.1, -0.05) is 12.1 Å². The topological polar surface area (TPSA) is 76.0 Å². The molecule has 2 aromatic carbocycles. The van der Waals surface area contributed by atoms with Crippen LogP contribution in [0, 0.1) is 5.82 Å². The Hall–Kier alpha value is -3.28. The third-order valence-corrected chi connectivity index (χ3v) is 4.86. The number of benzene rings is 2. The Bertz CT molecular complexity index is 979. The van der Waals surface area contributed by atoms with E-state index in [-0.39, 0.29) is 12.2 Å². The Morgan fingerprint density at radius 3 is 2.32 bits per heavy atom. The smallest absolute Gasteiger partial charge is 0.307 e. The average Bonchev–Trinajstić information content (AvgIpc) is 2.91. The summed E-state index contributed by atoms with van der Waals surface area (Å²) in [7, 11) is 2.92. The number of carboxylic acids is 1. The predicted molar refractivity (Wildman–Crippen MR) is 104 cm³/mol. The quantitative estimate of drug-likeness (QED) is 0.770. The molecule has 0 heterocycles. The number of carboxylic acid groups (broad SMARTS) is 1. The molecular formula is C22H21FO5. The van der Waals surface area contributed by atoms with E-state index in [9.17, 15) is 19.4 Å². The molecule has 0 spiro atoms. The summed E-state index contributed by atoms with van der Waals surface area (Å²) < 4.78 is 24.1. The Morgan fingerprint density at radius 2 is 1.75 bits per heavy atom. The molecule has 1 aliphatic carbocycles. The summed E-state index contributed by atoms with van der Waals surface area (Å²) in [4.78, 5) is 11.3. The zero-order valence-electron chi connectivity index (χ0n) is 15.9. The van der Waals surface area contributed by atoms with Crippen LogP contribution in [0.15, 0.2) is 42.0 Å². The van der Waals surface area contributed by atoms with Crippen LogP contribution < -0.4 is 9.47 Å². The van der Waals surface area contributed by atoms with Gasteiger partial charge in [0.05, 0.1) is 20.6 Å². The second-order valence-corrected chi connectivity index (χ2v) is 6.53. The second kappa shape index (κ2) is 7.76. The molecule has 0 unspecified atom stereocenters. The fourth-order valence-corrected chi connectivity index (χ4v) is 3.50. The molecule has 0 saturated heterocycles. The number of aliphatic carboxylic acids is 1. The van der Waals surface area contributed by atoms with Crippen molar-refractivity contribution in [1.82, 2.24) is 0 Å². The molecule has 2 aromatic rings. The highest BCUT2D eigenvalue weighted by atomic mass is 19.1. The van der Waals surface area contributed by atoms with E-state index in [1.807, 2.05) is 13.0 Å². The van der Waals surface area contributed by atoms with Crippen LogP contribution in [0.25, 0.3) is 11.1 Å². The lowest BCUT2D eigenvalue weighted by Gasteiger charge is -2.11. The van der Waals surface area contributed by atoms with Gasteiger partial charge >= 0.3 is 5.97 Å². The number of ether oxygens (including phenoxy) is 2. The molecule has 146 valence electrons. The number of rotatable bonds is 6. The van der Waals surface area contributed by atoms with Crippen LogP contribution in [0.4, 0.5) is 4.39 Å². The van der Waals surface area contributed by atoms with Crippen molar-refractivity contribution in [3.05, 3.63) is 64.5 Å². The lowest BCUT2D eigenvalue weighted by molar-refractivity contribution is -0.135. The van der Waals surface area contributed by atoms with E-state index in [1.54, 1.807) is 18.2 Å². The number of hydrogen-bond donors (Lipinski definition) is 2. The average molecular weight is 384 g/mol. The number of allylic oxidation sites excluding steroid dienone is 3. The number of aromatic hydroxyl groups is 1. The lowest BCUT2D eigenvalue weighted by atomic mass is 10.00. The molecule has 0 amide bonds. The van der Waals surface area contributed by atoms with Gasteiger partial charge in [-0.2, -0.15) is 0 Å². The van der Waals surface area contributed by atoms with Crippen LogP contribution in [0.5, 0.6) is 17.2 Å². The molecule has 3 rings (SSSR count). The van der Waals surface area contributed by atoms with Gasteiger partial charge in [-0.15, -0.1) is 0 Å². The maximum Gasteiger partial charge on any atom is 0.307 e. The summed E-state index contributed by atoms with van der Waals surface area (Å²) >= 11 is 0. The van der Waals surface area contributed by atoms with E-state index in [1.165, 1.54) is 26.4 Å². The van der Waals surface area contributed by atoms with E-state index >= 15 is 0 Å². The first-order chi connectivity index (χ1) is 13.3. The van der Waals surface area contributed by atoms with E-state index in [2.05, 4.69) is 0 Å². The summed E-state index contributed by atoms with van der Waals surface area (Å²) in [6.45, 7) is 1.85. The second-order valence-electron chi connectivity index (χ2n) is 6.53. The van der Waals surface area contributed by atoms with E-state index in [4.69, 9.17) is 9.47 Å². The fraction of sp³-hybridized carbons (Fsp3) is 0.227. The number of methoxy groups -OCH3 is 2. The molecule has 1 aliphatic rings. The number of fused-ring (bicyclic) bond motifs is 1. The van der Waals surface area contributed by atoms with Crippen molar-refractivity contribution >= 4 is 17.1 Å². The number of hydrogen-bond acceptors (Lipinski definition) is 4. The van der Waals surface area contributed by atoms with E-state index in [0.29, 0.717) is 29.1 Å². The third kappa shape index (κ3) is 3.58. The molecule has 0 fully saturated rings. The summed E-state index contributed by atoms with van der Waals surface area (Å²) in [5.74, 6) is -0.814. The molecule has 5 nitrogen and oxygen atoms in total. The highest BCUT2D eigenvalue weighted by Crippen LogP contribution is 2.43. The minimum atomic E-state index is -0.959. The molecular weight excluding hydrogens is 363 g/mol. The highest BCUT2D eigenvalue weighted by molar-refractivity contribution is 6.03. The maximum atomic E-state index is 13.7. The van der Waals surface area contributed by atoms with Crippen LogP contribution >= 0.6 is 0 Å². The Balaban J connectivity index is 2.03. The first-order valence-electron chi connectivity index (χ1n) is 8.72. The van der Waals surface area contributed by atoms with Gasteiger partial charge in [0, 0.05) is 0 Å². The van der Waals surface area contributed by atoms with Gasteiger partial charge in [-0.25, -0.2) is 4.39 Å². The molecule has 0 radical (unpaired) electrons. The van der Waals surface area contributed by atoms with Gasteiger partial charge in [0.15, 0.2) is 11.5 Å². The van der Waals surface area contributed by atoms with Crippen molar-refractivity contribution in [2.24, 2.45) is 0 Å². The van der Waals surface area contributed by atoms with Gasteiger partial charge in [-0.05, 0) is 71.0 Å². The third-order valence-electron chi connectivity index (χ3n) is 4.86. The molecule has 2 N–H and O–H groups in total. The molecule has 0 aliphatic heterocycles.